The van der Waals surface area contributed by atoms with Gasteiger partial charge in [-0.25, -0.2) is 14.6 Å². The summed E-state index contributed by atoms with van der Waals surface area (Å²) in [6.45, 7) is 6.45. The van der Waals surface area contributed by atoms with E-state index < -0.39 is 0 Å². The normalized spacial score (nSPS) is 11.8. The van der Waals surface area contributed by atoms with Gasteiger partial charge in [0.25, 0.3) is 0 Å². The van der Waals surface area contributed by atoms with E-state index in [4.69, 9.17) is 11.6 Å². The van der Waals surface area contributed by atoms with Gasteiger partial charge in [-0.1, -0.05) is 32.9 Å². The minimum Gasteiger partial charge on any atom is -0.382 e. The first kappa shape index (κ1) is 13.7. The Kier molecular flexibility index (Phi) is 3.20. The summed E-state index contributed by atoms with van der Waals surface area (Å²) in [7, 11) is 0. The third-order valence-electron chi connectivity index (χ3n) is 3.87. The highest BCUT2D eigenvalue weighted by Crippen LogP contribution is 2.33. The Bertz CT molecular complexity index is 816. The van der Waals surface area contributed by atoms with E-state index in [1.807, 2.05) is 12.1 Å². The molecule has 1 aromatic carbocycles. The second kappa shape index (κ2) is 4.91. The summed E-state index contributed by atoms with van der Waals surface area (Å²) < 4.78 is 1.69. The van der Waals surface area contributed by atoms with Crippen molar-refractivity contribution in [3.05, 3.63) is 29.6 Å². The molecule has 0 unspecified atom stereocenters. The van der Waals surface area contributed by atoms with Crippen molar-refractivity contribution in [2.75, 3.05) is 11.6 Å². The summed E-state index contributed by atoms with van der Waals surface area (Å²) in [6, 6.07) is 6.11. The number of fused-ring (bicyclic) bond motifs is 3. The lowest BCUT2D eigenvalue weighted by atomic mass is 9.97. The SMILES string of the molecule is CCCc1nc2c(N)nc3cccc(C(C)C)c3c2n1N. The fraction of sp³-hybridized carbons (Fsp3) is 0.375. The molecule has 0 bridgehead atoms. The Hall–Kier alpha value is -2.30. The molecule has 21 heavy (non-hydrogen) atoms. The summed E-state index contributed by atoms with van der Waals surface area (Å²) in [4.78, 5) is 9.11. The van der Waals surface area contributed by atoms with Gasteiger partial charge < -0.3 is 11.6 Å². The molecule has 0 aliphatic heterocycles. The first-order valence-electron chi connectivity index (χ1n) is 7.39. The quantitative estimate of drug-likeness (QED) is 0.724. The molecule has 2 aromatic heterocycles. The molecule has 3 aromatic rings. The number of anilines is 1. The van der Waals surface area contributed by atoms with Gasteiger partial charge >= 0.3 is 0 Å². The van der Waals surface area contributed by atoms with Gasteiger partial charge in [-0.3, -0.25) is 0 Å². The van der Waals surface area contributed by atoms with Crippen molar-refractivity contribution in [2.45, 2.75) is 39.5 Å². The van der Waals surface area contributed by atoms with Crippen LogP contribution >= 0.6 is 0 Å². The lowest BCUT2D eigenvalue weighted by Gasteiger charge is -2.12. The monoisotopic (exact) mass is 283 g/mol. The zero-order chi connectivity index (χ0) is 15.1. The zero-order valence-corrected chi connectivity index (χ0v) is 12.7. The van der Waals surface area contributed by atoms with E-state index in [0.717, 1.165) is 35.1 Å². The summed E-state index contributed by atoms with van der Waals surface area (Å²) in [5.74, 6) is 7.98. The molecule has 5 heteroatoms. The highest BCUT2D eigenvalue weighted by molar-refractivity contribution is 6.08. The first-order chi connectivity index (χ1) is 10.0. The summed E-state index contributed by atoms with van der Waals surface area (Å²) in [5, 5.41) is 1.06. The summed E-state index contributed by atoms with van der Waals surface area (Å²) >= 11 is 0. The average molecular weight is 283 g/mol. The van der Waals surface area contributed by atoms with E-state index >= 15 is 0 Å². The van der Waals surface area contributed by atoms with Crippen LogP contribution in [0.3, 0.4) is 0 Å². The van der Waals surface area contributed by atoms with E-state index in [0.29, 0.717) is 17.3 Å². The van der Waals surface area contributed by atoms with Crippen molar-refractivity contribution in [3.8, 4) is 0 Å². The fourth-order valence-electron chi connectivity index (χ4n) is 2.87. The van der Waals surface area contributed by atoms with Gasteiger partial charge in [0.15, 0.2) is 5.82 Å². The van der Waals surface area contributed by atoms with Crippen LogP contribution in [0, 0.1) is 0 Å². The number of aryl methyl sites for hydroxylation is 1. The molecule has 0 radical (unpaired) electrons. The van der Waals surface area contributed by atoms with E-state index in [1.165, 1.54) is 5.56 Å². The maximum absolute atomic E-state index is 6.30. The lowest BCUT2D eigenvalue weighted by Crippen LogP contribution is -2.13. The van der Waals surface area contributed by atoms with Crippen molar-refractivity contribution in [2.24, 2.45) is 0 Å². The van der Waals surface area contributed by atoms with Crippen molar-refractivity contribution in [1.29, 1.82) is 0 Å². The van der Waals surface area contributed by atoms with Crippen LogP contribution < -0.4 is 11.6 Å². The Morgan fingerprint density at radius 1 is 1.24 bits per heavy atom. The molecule has 2 heterocycles. The Labute approximate surface area is 123 Å². The number of aromatic nitrogens is 3. The maximum atomic E-state index is 6.30. The predicted octanol–water partition coefficient (Wildman–Crippen LogP) is 2.96. The molecule has 0 spiro atoms. The largest absolute Gasteiger partial charge is 0.382 e. The number of nitrogen functional groups attached to an aromatic ring is 2. The Balaban J connectivity index is 2.50. The molecule has 0 aliphatic rings. The number of imidazole rings is 1. The number of nitrogens with two attached hydrogens (primary N) is 2. The minimum atomic E-state index is 0.381. The number of hydrogen-bond donors (Lipinski definition) is 2. The first-order valence-corrected chi connectivity index (χ1v) is 7.39. The molecule has 0 fully saturated rings. The van der Waals surface area contributed by atoms with Crippen LogP contribution in [0.5, 0.6) is 0 Å². The molecule has 0 aliphatic carbocycles. The average Bonchev–Trinajstić information content (AvgIpc) is 2.77. The Morgan fingerprint density at radius 2 is 2.00 bits per heavy atom. The molecule has 110 valence electrons. The van der Waals surface area contributed by atoms with E-state index in [2.05, 4.69) is 36.8 Å². The summed E-state index contributed by atoms with van der Waals surface area (Å²) in [6.07, 6.45) is 1.82. The van der Waals surface area contributed by atoms with Gasteiger partial charge in [0.05, 0.1) is 5.52 Å². The van der Waals surface area contributed by atoms with Crippen LogP contribution in [0.4, 0.5) is 5.82 Å². The standard InChI is InChI=1S/C16H21N5/c1-4-6-12-20-14-15(21(12)18)13-10(9(2)3)7-5-8-11(13)19-16(14)17/h5,7-9H,4,6,18H2,1-3H3,(H2,17,19). The van der Waals surface area contributed by atoms with Crippen LogP contribution in [0.1, 0.15) is 44.5 Å². The molecule has 0 atom stereocenters. The third-order valence-corrected chi connectivity index (χ3v) is 3.87. The molecular weight excluding hydrogens is 262 g/mol. The molecule has 0 saturated heterocycles. The zero-order valence-electron chi connectivity index (χ0n) is 12.7. The van der Waals surface area contributed by atoms with Gasteiger partial charge in [0.1, 0.15) is 16.9 Å². The van der Waals surface area contributed by atoms with E-state index in [1.54, 1.807) is 4.68 Å². The molecule has 0 amide bonds. The van der Waals surface area contributed by atoms with Crippen LogP contribution in [-0.4, -0.2) is 14.6 Å². The minimum absolute atomic E-state index is 0.381. The summed E-state index contributed by atoms with van der Waals surface area (Å²) in [5.41, 5.74) is 9.79. The van der Waals surface area contributed by atoms with Crippen LogP contribution in [-0.2, 0) is 6.42 Å². The van der Waals surface area contributed by atoms with Crippen molar-refractivity contribution >= 4 is 27.8 Å². The van der Waals surface area contributed by atoms with Gasteiger partial charge in [0.2, 0.25) is 0 Å². The second-order valence-corrected chi connectivity index (χ2v) is 5.74. The highest BCUT2D eigenvalue weighted by Gasteiger charge is 2.18. The van der Waals surface area contributed by atoms with E-state index in [-0.39, 0.29) is 0 Å². The molecule has 5 nitrogen and oxygen atoms in total. The van der Waals surface area contributed by atoms with Gasteiger partial charge in [-0.15, -0.1) is 0 Å². The number of pyridine rings is 1. The molecule has 3 rings (SSSR count). The van der Waals surface area contributed by atoms with E-state index in [9.17, 15) is 0 Å². The van der Waals surface area contributed by atoms with Gasteiger partial charge in [0, 0.05) is 11.8 Å². The molecule has 0 saturated carbocycles. The molecular formula is C16H21N5. The lowest BCUT2D eigenvalue weighted by molar-refractivity contribution is 0.801. The van der Waals surface area contributed by atoms with Crippen LogP contribution in [0.15, 0.2) is 18.2 Å². The van der Waals surface area contributed by atoms with Crippen molar-refractivity contribution in [1.82, 2.24) is 14.6 Å². The van der Waals surface area contributed by atoms with Crippen LogP contribution in [0.25, 0.3) is 21.9 Å². The number of nitrogens with zero attached hydrogens (tertiary/aromatic N) is 3. The number of rotatable bonds is 3. The second-order valence-electron chi connectivity index (χ2n) is 5.74. The smallest absolute Gasteiger partial charge is 0.152 e. The Morgan fingerprint density at radius 3 is 2.67 bits per heavy atom. The van der Waals surface area contributed by atoms with Crippen molar-refractivity contribution < 1.29 is 0 Å². The fourth-order valence-corrected chi connectivity index (χ4v) is 2.87. The number of benzene rings is 1. The topological polar surface area (TPSA) is 82.8 Å². The molecule has 4 N–H and O–H groups in total. The van der Waals surface area contributed by atoms with Gasteiger partial charge in [-0.05, 0) is 24.0 Å². The van der Waals surface area contributed by atoms with Crippen molar-refractivity contribution in [3.63, 3.8) is 0 Å². The maximum Gasteiger partial charge on any atom is 0.152 e. The van der Waals surface area contributed by atoms with Gasteiger partial charge in [-0.2, -0.15) is 0 Å². The highest BCUT2D eigenvalue weighted by atomic mass is 15.3. The number of hydrogen-bond acceptors (Lipinski definition) is 4. The predicted molar refractivity (Wildman–Crippen MR) is 87.7 cm³/mol. The third kappa shape index (κ3) is 2.00. The van der Waals surface area contributed by atoms with Crippen LogP contribution in [0.2, 0.25) is 0 Å².